The highest BCUT2D eigenvalue weighted by Crippen LogP contribution is 2.51. The number of hydrogen-bond donors (Lipinski definition) is 0. The minimum Gasteiger partial charge on any atom is -0.359 e. The van der Waals surface area contributed by atoms with Crippen LogP contribution >= 0.6 is 0 Å². The van der Waals surface area contributed by atoms with Crippen LogP contribution in [0, 0.1) is 5.21 Å². The largest absolute Gasteiger partial charge is 0.359 e. The van der Waals surface area contributed by atoms with Crippen LogP contribution in [0.5, 0.6) is 0 Å². The molecule has 2 aromatic carbocycles. The molecule has 0 N–H and O–H groups in total. The maximum Gasteiger partial charge on any atom is 0.209 e. The lowest BCUT2D eigenvalue weighted by Crippen LogP contribution is -2.29. The number of hydrogen-bond acceptors (Lipinski definition) is 3. The lowest BCUT2D eigenvalue weighted by molar-refractivity contribution is -0.808. The van der Waals surface area contributed by atoms with Crippen LogP contribution in [0.2, 0.25) is 0 Å². The fraction of sp³-hybridized carbons (Fsp3) is 0.263. The molecule has 2 unspecified atom stereocenters. The standard InChI is InChI=1S/C19H18N2O2/c22-21-19(13-20-23-21)16-11-17(14-7-3-1-4-8-14)18(12-16)15-9-5-2-6-10-15/h1-10,13,16-18H,11-12H2. The van der Waals surface area contributed by atoms with Gasteiger partial charge in [0.2, 0.25) is 6.20 Å². The van der Waals surface area contributed by atoms with Crippen molar-refractivity contribution in [3.05, 3.63) is 88.9 Å². The van der Waals surface area contributed by atoms with Crippen LogP contribution in [0.1, 0.15) is 47.4 Å². The summed E-state index contributed by atoms with van der Waals surface area (Å²) in [5.74, 6) is 0.978. The van der Waals surface area contributed by atoms with Crippen LogP contribution < -0.4 is 4.90 Å². The Balaban J connectivity index is 1.71. The quantitative estimate of drug-likeness (QED) is 0.692. The highest BCUT2D eigenvalue weighted by atomic mass is 16.8. The third kappa shape index (κ3) is 2.61. The SMILES string of the molecule is [O-][n+]1oncc1C1CC(c2ccccc2)C(c2ccccc2)C1. The van der Waals surface area contributed by atoms with Crippen LogP contribution in [-0.4, -0.2) is 5.16 Å². The van der Waals surface area contributed by atoms with E-state index >= 15 is 0 Å². The summed E-state index contributed by atoms with van der Waals surface area (Å²) in [6.45, 7) is 0. The summed E-state index contributed by atoms with van der Waals surface area (Å²) in [5, 5.41) is 15.4. The summed E-state index contributed by atoms with van der Waals surface area (Å²) >= 11 is 0. The molecule has 1 heterocycles. The Hall–Kier alpha value is -2.62. The second-order valence-corrected chi connectivity index (χ2v) is 6.20. The van der Waals surface area contributed by atoms with Crippen molar-refractivity contribution in [3.63, 3.8) is 0 Å². The first-order valence-electron chi connectivity index (χ1n) is 7.97. The average Bonchev–Trinajstić information content (AvgIpc) is 3.22. The molecule has 116 valence electrons. The molecule has 1 aromatic heterocycles. The van der Waals surface area contributed by atoms with Crippen LogP contribution in [0.3, 0.4) is 0 Å². The molecule has 0 bridgehead atoms. The predicted octanol–water partition coefficient (Wildman–Crippen LogP) is 3.75. The molecule has 1 fully saturated rings. The van der Waals surface area contributed by atoms with E-state index in [1.54, 1.807) is 6.20 Å². The van der Waals surface area contributed by atoms with Gasteiger partial charge in [0.05, 0.1) is 0 Å². The van der Waals surface area contributed by atoms with Crippen molar-refractivity contribution in [1.29, 1.82) is 0 Å². The fourth-order valence-corrected chi connectivity index (χ4v) is 3.89. The lowest BCUT2D eigenvalue weighted by atomic mass is 9.84. The maximum absolute atomic E-state index is 11.8. The molecule has 0 aliphatic heterocycles. The Morgan fingerprint density at radius 2 is 1.39 bits per heavy atom. The summed E-state index contributed by atoms with van der Waals surface area (Å²) in [7, 11) is 0. The van der Waals surface area contributed by atoms with Gasteiger partial charge < -0.3 is 5.21 Å². The fourth-order valence-electron chi connectivity index (χ4n) is 3.89. The Morgan fingerprint density at radius 1 is 0.870 bits per heavy atom. The second kappa shape index (κ2) is 5.88. The molecule has 1 aliphatic carbocycles. The molecule has 4 nitrogen and oxygen atoms in total. The van der Waals surface area contributed by atoms with E-state index in [-0.39, 0.29) is 5.92 Å². The van der Waals surface area contributed by atoms with E-state index in [9.17, 15) is 5.21 Å². The summed E-state index contributed by atoms with van der Waals surface area (Å²) in [4.78, 5) is 0.556. The number of rotatable bonds is 3. The first-order valence-corrected chi connectivity index (χ1v) is 7.97. The first-order chi connectivity index (χ1) is 11.3. The van der Waals surface area contributed by atoms with Gasteiger partial charge in [-0.2, -0.15) is 0 Å². The highest BCUT2D eigenvalue weighted by molar-refractivity contribution is 5.32. The van der Waals surface area contributed by atoms with Gasteiger partial charge in [-0.05, 0) is 40.7 Å². The van der Waals surface area contributed by atoms with Crippen molar-refractivity contribution in [1.82, 2.24) is 5.16 Å². The van der Waals surface area contributed by atoms with E-state index in [1.165, 1.54) is 11.1 Å². The van der Waals surface area contributed by atoms with Gasteiger partial charge in [0.25, 0.3) is 0 Å². The van der Waals surface area contributed by atoms with E-state index in [0.29, 0.717) is 22.4 Å². The van der Waals surface area contributed by atoms with Gasteiger partial charge in [-0.25, -0.2) is 0 Å². The molecule has 0 spiro atoms. The Morgan fingerprint density at radius 3 is 1.83 bits per heavy atom. The first kappa shape index (κ1) is 14.0. The van der Waals surface area contributed by atoms with Gasteiger partial charge in [-0.1, -0.05) is 60.7 Å². The van der Waals surface area contributed by atoms with E-state index in [2.05, 4.69) is 58.3 Å². The zero-order valence-electron chi connectivity index (χ0n) is 12.7. The number of benzene rings is 2. The Labute approximate surface area is 134 Å². The molecule has 4 rings (SSSR count). The van der Waals surface area contributed by atoms with E-state index in [0.717, 1.165) is 12.8 Å². The van der Waals surface area contributed by atoms with Crippen molar-refractivity contribution < 1.29 is 9.53 Å². The summed E-state index contributed by atoms with van der Waals surface area (Å²) in [5.41, 5.74) is 3.31. The third-order valence-corrected chi connectivity index (χ3v) is 4.95. The van der Waals surface area contributed by atoms with Crippen molar-refractivity contribution in [3.8, 4) is 0 Å². The number of nitrogens with zero attached hydrogens (tertiary/aromatic N) is 2. The minimum absolute atomic E-state index is 0.175. The van der Waals surface area contributed by atoms with Crippen LogP contribution in [0.15, 0.2) is 71.5 Å². The van der Waals surface area contributed by atoms with Crippen molar-refractivity contribution >= 4 is 0 Å². The van der Waals surface area contributed by atoms with E-state index < -0.39 is 0 Å². The van der Waals surface area contributed by atoms with Crippen LogP contribution in [0.25, 0.3) is 0 Å². The smallest absolute Gasteiger partial charge is 0.209 e. The molecular weight excluding hydrogens is 288 g/mol. The molecule has 0 radical (unpaired) electrons. The minimum atomic E-state index is 0.175. The summed E-state index contributed by atoms with van der Waals surface area (Å²) < 4.78 is 4.67. The van der Waals surface area contributed by atoms with Gasteiger partial charge in [0.1, 0.15) is 0 Å². The molecule has 2 atom stereocenters. The average molecular weight is 306 g/mol. The molecule has 1 aliphatic rings. The Kier molecular flexibility index (Phi) is 3.58. The monoisotopic (exact) mass is 306 g/mol. The van der Waals surface area contributed by atoms with Crippen molar-refractivity contribution in [2.24, 2.45) is 0 Å². The second-order valence-electron chi connectivity index (χ2n) is 6.20. The number of aromatic nitrogens is 2. The lowest BCUT2D eigenvalue weighted by Gasteiger charge is -2.20. The highest BCUT2D eigenvalue weighted by Gasteiger charge is 2.39. The summed E-state index contributed by atoms with van der Waals surface area (Å²) in [6, 6.07) is 21.1. The zero-order chi connectivity index (χ0) is 15.6. The van der Waals surface area contributed by atoms with E-state index in [4.69, 9.17) is 0 Å². The van der Waals surface area contributed by atoms with Gasteiger partial charge in [0.15, 0.2) is 5.69 Å². The van der Waals surface area contributed by atoms with Gasteiger partial charge >= 0.3 is 0 Å². The van der Waals surface area contributed by atoms with Gasteiger partial charge in [-0.3, -0.25) is 4.63 Å². The maximum atomic E-state index is 11.8. The molecule has 4 heteroatoms. The zero-order valence-corrected chi connectivity index (χ0v) is 12.7. The molecule has 3 aromatic rings. The molecule has 1 saturated carbocycles. The Bertz CT molecular complexity index is 723. The van der Waals surface area contributed by atoms with E-state index in [1.807, 2.05) is 12.1 Å². The molecule has 23 heavy (non-hydrogen) atoms. The van der Waals surface area contributed by atoms with Crippen LogP contribution in [0.4, 0.5) is 0 Å². The summed E-state index contributed by atoms with van der Waals surface area (Å²) in [6.07, 6.45) is 3.44. The molecule has 0 amide bonds. The van der Waals surface area contributed by atoms with Crippen molar-refractivity contribution in [2.75, 3.05) is 0 Å². The third-order valence-electron chi connectivity index (χ3n) is 4.95. The van der Waals surface area contributed by atoms with Crippen LogP contribution in [-0.2, 0) is 0 Å². The molecule has 0 saturated heterocycles. The normalized spacial score (nSPS) is 23.9. The van der Waals surface area contributed by atoms with Crippen molar-refractivity contribution in [2.45, 2.75) is 30.6 Å². The predicted molar refractivity (Wildman–Crippen MR) is 85.8 cm³/mol. The molecular formula is C19H18N2O2. The van der Waals surface area contributed by atoms with Gasteiger partial charge in [0, 0.05) is 11.1 Å². The van der Waals surface area contributed by atoms with Gasteiger partial charge in [-0.15, -0.1) is 0 Å². The topological polar surface area (TPSA) is 53.0 Å².